The summed E-state index contributed by atoms with van der Waals surface area (Å²) in [6.07, 6.45) is 0. The Balaban J connectivity index is 1.97. The molecule has 0 saturated carbocycles. The maximum Gasteiger partial charge on any atom is 0.149 e. The average molecular weight is 236 g/mol. The molecule has 0 spiro atoms. The van der Waals surface area contributed by atoms with Gasteiger partial charge in [-0.2, -0.15) is 0 Å². The van der Waals surface area contributed by atoms with Crippen molar-refractivity contribution in [1.82, 2.24) is 0 Å². The van der Waals surface area contributed by atoms with Gasteiger partial charge in [0.2, 0.25) is 0 Å². The fourth-order valence-electron chi connectivity index (χ4n) is 1.65. The molecule has 0 bridgehead atoms. The Morgan fingerprint density at radius 2 is 1.72 bits per heavy atom. The van der Waals surface area contributed by atoms with Crippen LogP contribution in [0, 0.1) is 25.7 Å². The maximum atomic E-state index is 5.67. The first-order valence-electron chi connectivity index (χ1n) is 6.00. The minimum atomic E-state index is 0.416. The molecule has 0 aliphatic heterocycles. The van der Waals surface area contributed by atoms with Crippen LogP contribution in [0.4, 0.5) is 0 Å². The molecule has 0 unspecified atom stereocenters. The standard InChI is InChI=1S/C17H16O/c1-14-8-6-12-17(15(14)2)18-13-7-11-16-9-4-3-5-10-16/h3-6,8-10,12H,13H2,1-2H3. The average Bonchev–Trinajstić information content (AvgIpc) is 2.40. The van der Waals surface area contributed by atoms with Crippen LogP contribution in [0.2, 0.25) is 0 Å². The molecule has 0 aromatic heterocycles. The Morgan fingerprint density at radius 1 is 0.944 bits per heavy atom. The first-order valence-corrected chi connectivity index (χ1v) is 6.00. The molecular weight excluding hydrogens is 220 g/mol. The van der Waals surface area contributed by atoms with Crippen LogP contribution in [-0.2, 0) is 0 Å². The molecular formula is C17H16O. The lowest BCUT2D eigenvalue weighted by molar-refractivity contribution is 0.367. The lowest BCUT2D eigenvalue weighted by Crippen LogP contribution is -1.97. The topological polar surface area (TPSA) is 9.23 Å². The van der Waals surface area contributed by atoms with E-state index in [2.05, 4.69) is 31.8 Å². The number of hydrogen-bond acceptors (Lipinski definition) is 1. The second-order valence-corrected chi connectivity index (χ2v) is 4.15. The van der Waals surface area contributed by atoms with Gasteiger partial charge in [-0.15, -0.1) is 0 Å². The minimum Gasteiger partial charge on any atom is -0.481 e. The summed E-state index contributed by atoms with van der Waals surface area (Å²) in [4.78, 5) is 0. The summed E-state index contributed by atoms with van der Waals surface area (Å²) in [6.45, 7) is 4.56. The number of hydrogen-bond donors (Lipinski definition) is 0. The van der Waals surface area contributed by atoms with Crippen LogP contribution >= 0.6 is 0 Å². The molecule has 0 heterocycles. The van der Waals surface area contributed by atoms with E-state index in [1.165, 1.54) is 11.1 Å². The van der Waals surface area contributed by atoms with Gasteiger partial charge < -0.3 is 4.74 Å². The van der Waals surface area contributed by atoms with Gasteiger partial charge >= 0.3 is 0 Å². The van der Waals surface area contributed by atoms with E-state index in [1.807, 2.05) is 42.5 Å². The molecule has 0 radical (unpaired) electrons. The highest BCUT2D eigenvalue weighted by Crippen LogP contribution is 2.20. The van der Waals surface area contributed by atoms with Crippen LogP contribution in [0.15, 0.2) is 48.5 Å². The maximum absolute atomic E-state index is 5.67. The summed E-state index contributed by atoms with van der Waals surface area (Å²) in [5.74, 6) is 7.01. The van der Waals surface area contributed by atoms with Crippen molar-refractivity contribution in [3.8, 4) is 17.6 Å². The second kappa shape index (κ2) is 5.93. The highest BCUT2D eigenvalue weighted by atomic mass is 16.5. The van der Waals surface area contributed by atoms with Gasteiger partial charge in [0.15, 0.2) is 0 Å². The zero-order valence-electron chi connectivity index (χ0n) is 10.7. The van der Waals surface area contributed by atoms with E-state index in [0.29, 0.717) is 6.61 Å². The molecule has 0 aliphatic rings. The van der Waals surface area contributed by atoms with Crippen LogP contribution in [-0.4, -0.2) is 6.61 Å². The molecule has 1 heteroatoms. The van der Waals surface area contributed by atoms with Gasteiger partial charge in [-0.25, -0.2) is 0 Å². The highest BCUT2D eigenvalue weighted by molar-refractivity contribution is 5.39. The SMILES string of the molecule is Cc1cccc(OCC#Cc2ccccc2)c1C. The molecule has 90 valence electrons. The van der Waals surface area contributed by atoms with Crippen LogP contribution in [0.25, 0.3) is 0 Å². The summed E-state index contributed by atoms with van der Waals surface area (Å²) in [6, 6.07) is 16.0. The van der Waals surface area contributed by atoms with E-state index < -0.39 is 0 Å². The van der Waals surface area contributed by atoms with Gasteiger partial charge in [-0.1, -0.05) is 42.2 Å². The van der Waals surface area contributed by atoms with E-state index in [1.54, 1.807) is 0 Å². The molecule has 0 atom stereocenters. The van der Waals surface area contributed by atoms with E-state index in [-0.39, 0.29) is 0 Å². The third-order valence-corrected chi connectivity index (χ3v) is 2.86. The number of benzene rings is 2. The molecule has 0 saturated heterocycles. The molecule has 2 rings (SSSR count). The van der Waals surface area contributed by atoms with Crippen molar-refractivity contribution in [2.75, 3.05) is 6.61 Å². The second-order valence-electron chi connectivity index (χ2n) is 4.15. The summed E-state index contributed by atoms with van der Waals surface area (Å²) < 4.78 is 5.67. The predicted molar refractivity (Wildman–Crippen MR) is 74.7 cm³/mol. The third-order valence-electron chi connectivity index (χ3n) is 2.86. The molecule has 0 fully saturated rings. The van der Waals surface area contributed by atoms with Crippen molar-refractivity contribution in [3.05, 3.63) is 65.2 Å². The zero-order valence-corrected chi connectivity index (χ0v) is 10.7. The largest absolute Gasteiger partial charge is 0.481 e. The van der Waals surface area contributed by atoms with Crippen molar-refractivity contribution < 1.29 is 4.74 Å². The fraction of sp³-hybridized carbons (Fsp3) is 0.176. The smallest absolute Gasteiger partial charge is 0.149 e. The Morgan fingerprint density at radius 3 is 2.50 bits per heavy atom. The van der Waals surface area contributed by atoms with Crippen molar-refractivity contribution in [2.24, 2.45) is 0 Å². The lowest BCUT2D eigenvalue weighted by atomic mass is 10.1. The molecule has 0 aliphatic carbocycles. The number of ether oxygens (including phenoxy) is 1. The highest BCUT2D eigenvalue weighted by Gasteiger charge is 1.99. The Kier molecular flexibility index (Phi) is 4.04. The first kappa shape index (κ1) is 12.3. The molecule has 18 heavy (non-hydrogen) atoms. The molecule has 2 aromatic carbocycles. The fourth-order valence-corrected chi connectivity index (χ4v) is 1.65. The predicted octanol–water partition coefficient (Wildman–Crippen LogP) is 3.73. The third kappa shape index (κ3) is 3.15. The van der Waals surface area contributed by atoms with Crippen LogP contribution in [0.3, 0.4) is 0 Å². The van der Waals surface area contributed by atoms with Gasteiger partial charge in [-0.05, 0) is 43.2 Å². The van der Waals surface area contributed by atoms with Crippen molar-refractivity contribution in [3.63, 3.8) is 0 Å². The van der Waals surface area contributed by atoms with Gasteiger partial charge in [-0.3, -0.25) is 0 Å². The van der Waals surface area contributed by atoms with Gasteiger partial charge in [0.1, 0.15) is 12.4 Å². The molecule has 2 aromatic rings. The Hall–Kier alpha value is -2.20. The summed E-state index contributed by atoms with van der Waals surface area (Å²) in [5, 5.41) is 0. The lowest BCUT2D eigenvalue weighted by Gasteiger charge is -2.07. The normalized spacial score (nSPS) is 9.44. The van der Waals surface area contributed by atoms with Gasteiger partial charge in [0.25, 0.3) is 0 Å². The molecule has 0 amide bonds. The van der Waals surface area contributed by atoms with Gasteiger partial charge in [0.05, 0.1) is 0 Å². The van der Waals surface area contributed by atoms with E-state index in [0.717, 1.165) is 11.3 Å². The van der Waals surface area contributed by atoms with Gasteiger partial charge in [0, 0.05) is 5.56 Å². The van der Waals surface area contributed by atoms with Crippen molar-refractivity contribution >= 4 is 0 Å². The van der Waals surface area contributed by atoms with E-state index in [4.69, 9.17) is 4.74 Å². The minimum absolute atomic E-state index is 0.416. The Labute approximate surface area is 108 Å². The first-order chi connectivity index (χ1) is 8.77. The van der Waals surface area contributed by atoms with E-state index >= 15 is 0 Å². The summed E-state index contributed by atoms with van der Waals surface area (Å²) >= 11 is 0. The van der Waals surface area contributed by atoms with E-state index in [9.17, 15) is 0 Å². The summed E-state index contributed by atoms with van der Waals surface area (Å²) in [7, 11) is 0. The quantitative estimate of drug-likeness (QED) is 0.722. The number of rotatable bonds is 2. The summed E-state index contributed by atoms with van der Waals surface area (Å²) in [5.41, 5.74) is 3.43. The van der Waals surface area contributed by atoms with Crippen molar-refractivity contribution in [1.29, 1.82) is 0 Å². The van der Waals surface area contributed by atoms with Crippen molar-refractivity contribution in [2.45, 2.75) is 13.8 Å². The molecule has 1 nitrogen and oxygen atoms in total. The monoisotopic (exact) mass is 236 g/mol. The van der Waals surface area contributed by atoms with Crippen LogP contribution < -0.4 is 4.74 Å². The zero-order chi connectivity index (χ0) is 12.8. The number of aryl methyl sites for hydroxylation is 1. The van der Waals surface area contributed by atoms with Crippen LogP contribution in [0.1, 0.15) is 16.7 Å². The Bertz CT molecular complexity index is 574. The van der Waals surface area contributed by atoms with Crippen LogP contribution in [0.5, 0.6) is 5.75 Å². The molecule has 0 N–H and O–H groups in total.